The van der Waals surface area contributed by atoms with Crippen molar-refractivity contribution in [1.29, 1.82) is 0 Å². The van der Waals surface area contributed by atoms with Crippen molar-refractivity contribution in [1.82, 2.24) is 4.90 Å². The molecule has 1 amide bonds. The summed E-state index contributed by atoms with van der Waals surface area (Å²) in [6, 6.07) is 9.36. The molecule has 5 nitrogen and oxygen atoms in total. The minimum atomic E-state index is -0.253. The Kier molecular flexibility index (Phi) is 7.28. The molecule has 1 fully saturated rings. The minimum absolute atomic E-state index is 0.126. The van der Waals surface area contributed by atoms with Gasteiger partial charge in [0.05, 0.1) is 21.4 Å². The summed E-state index contributed by atoms with van der Waals surface area (Å²) in [6.07, 6.45) is 0. The number of likely N-dealkylation sites (N-methyl/N-ethyl adjacent to an activating group) is 1. The second-order valence-electron chi connectivity index (χ2n) is 7.29. The molecule has 0 aliphatic carbocycles. The number of nitrogens with zero attached hydrogens (tertiary/aromatic N) is 2. The largest absolute Gasteiger partial charge is 0.482 e. The number of carbonyl (C=O) groups excluding carboxylic acids is 1. The van der Waals surface area contributed by atoms with Crippen molar-refractivity contribution in [3.63, 3.8) is 0 Å². The van der Waals surface area contributed by atoms with Gasteiger partial charge in [-0.3, -0.25) is 4.79 Å². The van der Waals surface area contributed by atoms with E-state index in [1.165, 1.54) is 0 Å². The molecule has 0 atom stereocenters. The summed E-state index contributed by atoms with van der Waals surface area (Å²) >= 11 is 12.8. The fraction of sp³-hybridized carbons (Fsp3) is 0.409. The lowest BCUT2D eigenvalue weighted by molar-refractivity contribution is -0.118. The predicted molar refractivity (Wildman–Crippen MR) is 121 cm³/mol. The SMILES string of the molecule is CCN1CCN(c2c(Cl)cccc2NC(=O)COc2c(C)cc(C)cc2Cl)CC1. The number of anilines is 2. The Bertz CT molecular complexity index is 857. The van der Waals surface area contributed by atoms with Crippen LogP contribution in [0.2, 0.25) is 10.0 Å². The number of carbonyl (C=O) groups is 1. The van der Waals surface area contributed by atoms with Crippen molar-refractivity contribution < 1.29 is 9.53 Å². The Morgan fingerprint density at radius 3 is 2.48 bits per heavy atom. The van der Waals surface area contributed by atoms with E-state index in [9.17, 15) is 4.79 Å². The van der Waals surface area contributed by atoms with Gasteiger partial charge in [0.1, 0.15) is 5.75 Å². The number of nitrogens with one attached hydrogen (secondary N) is 1. The van der Waals surface area contributed by atoms with Gasteiger partial charge < -0.3 is 19.9 Å². The van der Waals surface area contributed by atoms with Gasteiger partial charge >= 0.3 is 0 Å². The number of ether oxygens (including phenoxy) is 1. The van der Waals surface area contributed by atoms with Crippen LogP contribution in [0.3, 0.4) is 0 Å². The molecule has 3 rings (SSSR count). The van der Waals surface area contributed by atoms with Gasteiger partial charge in [0, 0.05) is 26.2 Å². The number of hydrogen-bond acceptors (Lipinski definition) is 4. The van der Waals surface area contributed by atoms with Crippen molar-refractivity contribution in [2.24, 2.45) is 0 Å². The third kappa shape index (κ3) is 5.35. The lowest BCUT2D eigenvalue weighted by atomic mass is 10.1. The van der Waals surface area contributed by atoms with Crippen LogP contribution < -0.4 is 15.0 Å². The third-order valence-electron chi connectivity index (χ3n) is 5.12. The lowest BCUT2D eigenvalue weighted by Crippen LogP contribution is -2.46. The van der Waals surface area contributed by atoms with Crippen molar-refractivity contribution in [3.8, 4) is 5.75 Å². The molecule has 2 aromatic rings. The van der Waals surface area contributed by atoms with Crippen molar-refractivity contribution in [2.45, 2.75) is 20.8 Å². The van der Waals surface area contributed by atoms with Crippen LogP contribution in [0.1, 0.15) is 18.1 Å². The normalized spacial score (nSPS) is 14.7. The molecule has 1 heterocycles. The Labute approximate surface area is 182 Å². The topological polar surface area (TPSA) is 44.8 Å². The van der Waals surface area contributed by atoms with Gasteiger partial charge in [0.25, 0.3) is 5.91 Å². The average Bonchev–Trinajstić information content (AvgIpc) is 2.67. The number of aryl methyl sites for hydroxylation is 2. The zero-order chi connectivity index (χ0) is 21.0. The maximum absolute atomic E-state index is 12.6. The summed E-state index contributed by atoms with van der Waals surface area (Å²) in [5.74, 6) is 0.283. The summed E-state index contributed by atoms with van der Waals surface area (Å²) in [6.45, 7) is 10.7. The van der Waals surface area contributed by atoms with Crippen LogP contribution in [-0.4, -0.2) is 50.1 Å². The highest BCUT2D eigenvalue weighted by atomic mass is 35.5. The first kappa shape index (κ1) is 21.8. The Hall–Kier alpha value is -1.95. The van der Waals surface area contributed by atoms with Crippen LogP contribution in [0.15, 0.2) is 30.3 Å². The predicted octanol–water partition coefficient (Wildman–Crippen LogP) is 4.77. The van der Waals surface area contributed by atoms with E-state index >= 15 is 0 Å². The monoisotopic (exact) mass is 435 g/mol. The summed E-state index contributed by atoms with van der Waals surface area (Å²) in [5.41, 5.74) is 3.52. The molecule has 1 aliphatic rings. The number of benzene rings is 2. The molecule has 0 radical (unpaired) electrons. The van der Waals surface area contributed by atoms with Crippen molar-refractivity contribution in [3.05, 3.63) is 51.5 Å². The van der Waals surface area contributed by atoms with E-state index in [0.29, 0.717) is 21.5 Å². The van der Waals surface area contributed by atoms with Crippen LogP contribution in [0.4, 0.5) is 11.4 Å². The molecule has 0 saturated carbocycles. The number of halogens is 2. The summed E-state index contributed by atoms with van der Waals surface area (Å²) in [5, 5.41) is 4.09. The smallest absolute Gasteiger partial charge is 0.262 e. The van der Waals surface area contributed by atoms with Gasteiger partial charge in [-0.25, -0.2) is 0 Å². The molecule has 0 unspecified atom stereocenters. The molecule has 1 N–H and O–H groups in total. The van der Waals surface area contributed by atoms with E-state index in [1.807, 2.05) is 44.2 Å². The highest BCUT2D eigenvalue weighted by molar-refractivity contribution is 6.34. The first-order valence-corrected chi connectivity index (χ1v) is 10.6. The number of rotatable bonds is 6. The van der Waals surface area contributed by atoms with Crippen LogP contribution in [0.5, 0.6) is 5.75 Å². The highest BCUT2D eigenvalue weighted by Crippen LogP contribution is 2.35. The van der Waals surface area contributed by atoms with E-state index in [4.69, 9.17) is 27.9 Å². The first-order chi connectivity index (χ1) is 13.9. The summed E-state index contributed by atoms with van der Waals surface area (Å²) in [7, 11) is 0. The van der Waals surface area contributed by atoms with Gasteiger partial charge in [-0.15, -0.1) is 0 Å². The van der Waals surface area contributed by atoms with Crippen LogP contribution in [-0.2, 0) is 4.79 Å². The minimum Gasteiger partial charge on any atom is -0.482 e. The molecule has 156 valence electrons. The Balaban J connectivity index is 1.69. The van der Waals surface area contributed by atoms with Gasteiger partial charge in [-0.2, -0.15) is 0 Å². The quantitative estimate of drug-likeness (QED) is 0.709. The molecule has 0 aromatic heterocycles. The Morgan fingerprint density at radius 1 is 1.10 bits per heavy atom. The third-order valence-corrected chi connectivity index (χ3v) is 5.70. The molecular weight excluding hydrogens is 409 g/mol. The number of para-hydroxylation sites is 1. The number of amides is 1. The summed E-state index contributed by atoms with van der Waals surface area (Å²) < 4.78 is 5.70. The van der Waals surface area contributed by atoms with E-state index < -0.39 is 0 Å². The van der Waals surface area contributed by atoms with Gasteiger partial charge in [0.15, 0.2) is 6.61 Å². The van der Waals surface area contributed by atoms with Gasteiger partial charge in [-0.05, 0) is 49.7 Å². The molecule has 29 heavy (non-hydrogen) atoms. The molecule has 0 bridgehead atoms. The first-order valence-electron chi connectivity index (χ1n) is 9.84. The second-order valence-corrected chi connectivity index (χ2v) is 8.10. The standard InChI is InChI=1S/C22H27Cl2N3O2/c1-4-26-8-10-27(11-9-26)21-17(23)6-5-7-19(21)25-20(28)14-29-22-16(3)12-15(2)13-18(22)24/h5-7,12-13H,4,8-11,14H2,1-3H3,(H,25,28). The van der Waals surface area contributed by atoms with E-state index in [-0.39, 0.29) is 12.5 Å². The molecule has 0 spiro atoms. The summed E-state index contributed by atoms with van der Waals surface area (Å²) in [4.78, 5) is 17.2. The van der Waals surface area contributed by atoms with Crippen molar-refractivity contribution >= 4 is 40.5 Å². The molecule has 1 saturated heterocycles. The lowest BCUT2D eigenvalue weighted by Gasteiger charge is -2.36. The van der Waals surface area contributed by atoms with Crippen LogP contribution in [0, 0.1) is 13.8 Å². The van der Waals surface area contributed by atoms with Crippen LogP contribution >= 0.6 is 23.2 Å². The maximum Gasteiger partial charge on any atom is 0.262 e. The number of hydrogen-bond donors (Lipinski definition) is 1. The highest BCUT2D eigenvalue weighted by Gasteiger charge is 2.21. The fourth-order valence-electron chi connectivity index (χ4n) is 3.63. The average molecular weight is 436 g/mol. The molecular formula is C22H27Cl2N3O2. The molecule has 1 aliphatic heterocycles. The molecule has 2 aromatic carbocycles. The van der Waals surface area contributed by atoms with Crippen molar-refractivity contribution in [2.75, 3.05) is 49.5 Å². The van der Waals surface area contributed by atoms with Crippen LogP contribution in [0.25, 0.3) is 0 Å². The Morgan fingerprint density at radius 2 is 1.83 bits per heavy atom. The van der Waals surface area contributed by atoms with Gasteiger partial charge in [0.2, 0.25) is 0 Å². The van der Waals surface area contributed by atoms with E-state index in [1.54, 1.807) is 0 Å². The fourth-order valence-corrected chi connectivity index (χ4v) is 4.30. The van der Waals surface area contributed by atoms with Gasteiger partial charge in [-0.1, -0.05) is 42.3 Å². The maximum atomic E-state index is 12.6. The zero-order valence-corrected chi connectivity index (χ0v) is 18.6. The van der Waals surface area contributed by atoms with E-state index in [0.717, 1.165) is 49.5 Å². The van der Waals surface area contributed by atoms with E-state index in [2.05, 4.69) is 22.0 Å². The second kappa shape index (κ2) is 9.70. The zero-order valence-electron chi connectivity index (χ0n) is 17.1. The number of piperazine rings is 1. The molecule has 7 heteroatoms.